The number of hydrogen-bond donors (Lipinski definition) is 6. The maximum atomic E-state index is 16.0. The van der Waals surface area contributed by atoms with Crippen LogP contribution in [0.2, 0.25) is 0 Å². The van der Waals surface area contributed by atoms with Gasteiger partial charge in [0.2, 0.25) is 0 Å². The van der Waals surface area contributed by atoms with Crippen LogP contribution in [0.15, 0.2) is 41.7 Å². The Kier molecular flexibility index (Phi) is 12.8. The van der Waals surface area contributed by atoms with E-state index in [0.29, 0.717) is 95.7 Å². The summed E-state index contributed by atoms with van der Waals surface area (Å²) >= 11 is 0. The first kappa shape index (κ1) is 54.1. The zero-order valence-electron chi connectivity index (χ0n) is 48.8. The summed E-state index contributed by atoms with van der Waals surface area (Å²) < 4.78 is 14.4. The quantitative estimate of drug-likeness (QED) is 0.108. The molecular formula is C67H95N3O8. The van der Waals surface area contributed by atoms with E-state index in [-0.39, 0.29) is 29.1 Å². The molecule has 2 saturated heterocycles. The van der Waals surface area contributed by atoms with Crippen molar-refractivity contribution in [3.8, 4) is 0 Å². The highest BCUT2D eigenvalue weighted by Gasteiger charge is 2.81. The highest BCUT2D eigenvalue weighted by Crippen LogP contribution is 2.84. The van der Waals surface area contributed by atoms with Crippen LogP contribution in [-0.4, -0.2) is 98.4 Å². The fraction of sp³-hybridized carbons (Fsp3) is 0.761. The van der Waals surface area contributed by atoms with Gasteiger partial charge in [0.15, 0.2) is 5.78 Å². The van der Waals surface area contributed by atoms with Crippen molar-refractivity contribution in [3.63, 3.8) is 0 Å². The molecule has 0 amide bonds. The standard InChI is InChI=1S/C67H95N3O8/c1-59(2)57(78-59)49(73)33-60(3)20-16-42-36-69-53-44(29-40-28-43(41-14-10-9-11-15-41)31-45(30-40)67(76)23-26-77-27-24-67)37-70(54(42)53)38-47-51-52(60)48(72)34-62(51,5)63(6)39-65(18-12-13-19-65)58-61(4,22-25-68-8)50(74)35-66(21-17-46(71)32-66)64(58,7)56(63)55(47)75/h28,30-31,36-37,41,46-47,49,55-58,68-69,71,73,75-76H,9-27,29,32-35,38-39H2,1-8H3/t46-,47-,49-,55-,56+,57-,58+,60+,61-,62+,63+,64+,66+/m1/s1. The van der Waals surface area contributed by atoms with Crippen LogP contribution in [0.25, 0.3) is 11.0 Å². The van der Waals surface area contributed by atoms with Gasteiger partial charge in [-0.3, -0.25) is 9.59 Å². The predicted octanol–water partition coefficient (Wildman–Crippen LogP) is 11.1. The van der Waals surface area contributed by atoms with E-state index < -0.39 is 67.9 Å². The maximum absolute atomic E-state index is 16.0. The van der Waals surface area contributed by atoms with Crippen molar-refractivity contribution < 1.29 is 39.5 Å². The number of ether oxygens (including phenoxy) is 2. The Morgan fingerprint density at radius 3 is 2.29 bits per heavy atom. The number of aliphatic hydroxyl groups is 4. The van der Waals surface area contributed by atoms with Gasteiger partial charge in [-0.1, -0.05) is 84.9 Å². The van der Waals surface area contributed by atoms with Crippen LogP contribution in [-0.2, 0) is 44.1 Å². The number of H-pyrrole nitrogens is 1. The Morgan fingerprint density at radius 2 is 1.62 bits per heavy atom. The third-order valence-electron chi connectivity index (χ3n) is 25.5. The highest BCUT2D eigenvalue weighted by molar-refractivity contribution is 6.02. The van der Waals surface area contributed by atoms with Crippen LogP contribution in [0.1, 0.15) is 211 Å². The van der Waals surface area contributed by atoms with Gasteiger partial charge in [-0.25, -0.2) is 0 Å². The first-order chi connectivity index (χ1) is 37.0. The van der Waals surface area contributed by atoms with Crippen molar-refractivity contribution in [2.75, 3.05) is 26.8 Å². The number of ketones is 2. The van der Waals surface area contributed by atoms with Gasteiger partial charge in [0.25, 0.3) is 0 Å². The van der Waals surface area contributed by atoms with Crippen molar-refractivity contribution in [1.29, 1.82) is 0 Å². The molecule has 0 radical (unpaired) electrons. The number of benzene rings is 1. The summed E-state index contributed by atoms with van der Waals surface area (Å²) in [6.45, 7) is 18.4. The number of fused-ring (bicyclic) bond motifs is 6. The van der Waals surface area contributed by atoms with Crippen molar-refractivity contribution in [1.82, 2.24) is 14.9 Å². The Hall–Kier alpha value is -3.16. The summed E-state index contributed by atoms with van der Waals surface area (Å²) in [5.41, 5.74) is 5.01. The molecule has 2 spiro atoms. The highest BCUT2D eigenvalue weighted by atomic mass is 16.6. The van der Waals surface area contributed by atoms with E-state index in [9.17, 15) is 20.4 Å². The third kappa shape index (κ3) is 7.71. The molecule has 7 aliphatic carbocycles. The van der Waals surface area contributed by atoms with Gasteiger partial charge in [0, 0.05) is 86.6 Å². The van der Waals surface area contributed by atoms with Gasteiger partial charge in [-0.05, 0) is 183 Å². The van der Waals surface area contributed by atoms with Crippen molar-refractivity contribution in [3.05, 3.63) is 69.6 Å². The number of carbonyl (C=O) groups excluding carboxylic acids is 2. The smallest absolute Gasteiger partial charge is 0.160 e. The molecule has 3 aliphatic heterocycles. The first-order valence-electron chi connectivity index (χ1n) is 31.3. The van der Waals surface area contributed by atoms with Gasteiger partial charge in [-0.2, -0.15) is 0 Å². The number of hydrogen-bond acceptors (Lipinski definition) is 9. The van der Waals surface area contributed by atoms with Gasteiger partial charge < -0.3 is 44.8 Å². The molecule has 11 heteroatoms. The number of Topliss-reactive ketones (excluding diaryl/α,β-unsaturated/α-hetero) is 2. The molecule has 6 saturated carbocycles. The Bertz CT molecular complexity index is 2910. The molecule has 6 N–H and O–H groups in total. The Morgan fingerprint density at radius 1 is 0.885 bits per heavy atom. The summed E-state index contributed by atoms with van der Waals surface area (Å²) in [5.74, 6) is 0.270. The minimum absolute atomic E-state index is 0.00482. The van der Waals surface area contributed by atoms with E-state index in [1.54, 1.807) is 0 Å². The first-order valence-corrected chi connectivity index (χ1v) is 31.3. The molecule has 13 atom stereocenters. The predicted molar refractivity (Wildman–Crippen MR) is 303 cm³/mol. The number of aromatic amines is 1. The minimum atomic E-state index is -0.935. The Labute approximate surface area is 464 Å². The minimum Gasteiger partial charge on any atom is -0.393 e. The van der Waals surface area contributed by atoms with Gasteiger partial charge >= 0.3 is 0 Å². The molecule has 13 rings (SSSR count). The molecule has 11 nitrogen and oxygen atoms in total. The molecule has 8 fully saturated rings. The molecule has 426 valence electrons. The zero-order valence-corrected chi connectivity index (χ0v) is 48.8. The molecule has 78 heavy (non-hydrogen) atoms. The lowest BCUT2D eigenvalue weighted by molar-refractivity contribution is -0.300. The largest absolute Gasteiger partial charge is 0.393 e. The summed E-state index contributed by atoms with van der Waals surface area (Å²) in [6, 6.07) is 7.01. The maximum Gasteiger partial charge on any atom is 0.160 e. The Balaban J connectivity index is 1.00. The monoisotopic (exact) mass is 1070 g/mol. The van der Waals surface area contributed by atoms with Crippen LogP contribution in [0, 0.1) is 55.7 Å². The van der Waals surface area contributed by atoms with Crippen molar-refractivity contribution in [2.24, 2.45) is 55.7 Å². The van der Waals surface area contributed by atoms with Gasteiger partial charge in [0.05, 0.1) is 40.5 Å². The van der Waals surface area contributed by atoms with Crippen LogP contribution in [0.3, 0.4) is 0 Å². The number of epoxide rings is 1. The topological polar surface area (TPSA) is 170 Å². The van der Waals surface area contributed by atoms with E-state index in [1.807, 2.05) is 20.9 Å². The zero-order chi connectivity index (χ0) is 54.8. The van der Waals surface area contributed by atoms with Crippen LogP contribution < -0.4 is 5.32 Å². The number of nitrogens with zero attached hydrogens (tertiary/aromatic N) is 1. The average Bonchev–Trinajstić information content (AvgIpc) is 1.43. The van der Waals surface area contributed by atoms with E-state index in [0.717, 1.165) is 79.2 Å². The fourth-order valence-electron chi connectivity index (χ4n) is 21.9. The average molecular weight is 1070 g/mol. The van der Waals surface area contributed by atoms with E-state index in [4.69, 9.17) is 9.47 Å². The summed E-state index contributed by atoms with van der Waals surface area (Å²) in [7, 11) is 2.00. The van der Waals surface area contributed by atoms with Crippen molar-refractivity contribution >= 4 is 22.6 Å². The number of rotatable bonds is 10. The fourth-order valence-corrected chi connectivity index (χ4v) is 21.9. The molecule has 2 aromatic heterocycles. The summed E-state index contributed by atoms with van der Waals surface area (Å²) in [5, 5.41) is 54.5. The number of aryl methyl sites for hydroxylation is 1. The number of aromatic nitrogens is 2. The molecule has 0 unspecified atom stereocenters. The second-order valence-corrected chi connectivity index (χ2v) is 30.2. The lowest BCUT2D eigenvalue weighted by Crippen LogP contribution is -2.76. The normalized spacial score (nSPS) is 41.1. The van der Waals surface area contributed by atoms with Crippen LogP contribution in [0.4, 0.5) is 0 Å². The number of nitrogens with one attached hydrogen (secondary N) is 2. The second kappa shape index (κ2) is 18.4. The molecule has 3 aromatic rings. The number of aliphatic hydroxyl groups excluding tert-OH is 3. The van der Waals surface area contributed by atoms with E-state index >= 15 is 9.59 Å². The number of carbonyl (C=O) groups is 2. The molecule has 10 aliphatic rings. The van der Waals surface area contributed by atoms with Crippen LogP contribution >= 0.6 is 0 Å². The lowest BCUT2D eigenvalue weighted by atomic mass is 9.26. The number of allylic oxidation sites excluding steroid dienone is 1. The lowest BCUT2D eigenvalue weighted by Gasteiger charge is -2.78. The SMILES string of the molecule is CNCC[C@]1(C)C(=O)C[C@@]2(CC[C@@H](O)C2)[C@@]2(C)[C@H]3[C@H](O)[C@@H]4Cn5cc(Cc6cc(C7CCCCC7)cc(C7(O)CCOCC7)c6)c6[nH]cc(c65)CC[C@@](C)(C[C@@H](O)[C@H]5OC5(C)C)C5=C4[C@](C)(CC5=O)[C@@]3(C)CC3(CCCC3)[C@H]21. The molecule has 0 bridgehead atoms. The summed E-state index contributed by atoms with van der Waals surface area (Å²) in [4.78, 5) is 35.3. The third-order valence-corrected chi connectivity index (χ3v) is 25.5. The van der Waals surface area contributed by atoms with Gasteiger partial charge in [-0.15, -0.1) is 0 Å². The molecule has 1 aromatic carbocycles. The van der Waals surface area contributed by atoms with E-state index in [2.05, 4.69) is 80.1 Å². The molecular weight excluding hydrogens is 975 g/mol. The van der Waals surface area contributed by atoms with Crippen molar-refractivity contribution in [2.45, 2.75) is 238 Å². The van der Waals surface area contributed by atoms with Gasteiger partial charge in [0.1, 0.15) is 11.9 Å². The second-order valence-electron chi connectivity index (χ2n) is 30.2. The van der Waals surface area contributed by atoms with E-state index in [1.165, 1.54) is 54.4 Å². The summed E-state index contributed by atoms with van der Waals surface area (Å²) in [6.07, 6.45) is 20.4. The molecule has 5 heterocycles. The van der Waals surface area contributed by atoms with Crippen LogP contribution in [0.5, 0.6) is 0 Å².